The van der Waals surface area contributed by atoms with Crippen LogP contribution in [0, 0.1) is 0 Å². The van der Waals surface area contributed by atoms with Crippen LogP contribution in [0.2, 0.25) is 0 Å². The van der Waals surface area contributed by atoms with Gasteiger partial charge in [0.15, 0.2) is 0 Å². The van der Waals surface area contributed by atoms with Crippen molar-refractivity contribution in [1.82, 2.24) is 4.90 Å². The molecule has 0 saturated carbocycles. The maximum absolute atomic E-state index is 12.5. The summed E-state index contributed by atoms with van der Waals surface area (Å²) in [5.41, 5.74) is -0.784. The Morgan fingerprint density at radius 2 is 2.22 bits per heavy atom. The predicted octanol–water partition coefficient (Wildman–Crippen LogP) is 0.258. The summed E-state index contributed by atoms with van der Waals surface area (Å²) in [4.78, 5) is 24.9. The summed E-state index contributed by atoms with van der Waals surface area (Å²) in [6.07, 6.45) is 1.49. The molecule has 0 aromatic carbocycles. The van der Waals surface area contributed by atoms with E-state index in [1.54, 1.807) is 11.8 Å². The maximum Gasteiger partial charge on any atom is 0.305 e. The van der Waals surface area contributed by atoms with E-state index >= 15 is 0 Å². The molecule has 0 spiro atoms. The fourth-order valence-corrected chi connectivity index (χ4v) is 2.54. The number of carbonyl (C=O) groups is 2. The van der Waals surface area contributed by atoms with Crippen molar-refractivity contribution >= 4 is 11.9 Å². The fourth-order valence-electron chi connectivity index (χ4n) is 2.54. The van der Waals surface area contributed by atoms with Crippen LogP contribution in [-0.2, 0) is 19.1 Å². The number of morpholine rings is 1. The number of nitrogens with zero attached hydrogens (tertiary/aromatic N) is 1. The highest BCUT2D eigenvalue weighted by atomic mass is 16.5. The monoisotopic (exact) mass is 257 g/mol. The van der Waals surface area contributed by atoms with Crippen LogP contribution < -0.4 is 0 Å². The zero-order valence-electron chi connectivity index (χ0n) is 10.6. The third kappa shape index (κ3) is 2.64. The molecule has 0 aliphatic carbocycles. The SMILES string of the molecule is CC1(C(=O)N2CCOCC2CC(=O)O)CCCO1. The molecule has 1 amide bonds. The van der Waals surface area contributed by atoms with Crippen LogP contribution in [0.3, 0.4) is 0 Å². The quantitative estimate of drug-likeness (QED) is 0.784. The topological polar surface area (TPSA) is 76.1 Å². The van der Waals surface area contributed by atoms with Crippen molar-refractivity contribution in [2.75, 3.05) is 26.4 Å². The fraction of sp³-hybridized carbons (Fsp3) is 0.833. The van der Waals surface area contributed by atoms with Gasteiger partial charge in [-0.05, 0) is 19.8 Å². The molecule has 2 saturated heterocycles. The van der Waals surface area contributed by atoms with Gasteiger partial charge in [-0.25, -0.2) is 0 Å². The van der Waals surface area contributed by atoms with E-state index in [1.807, 2.05) is 0 Å². The molecule has 2 fully saturated rings. The second-order valence-corrected chi connectivity index (χ2v) is 5.01. The molecule has 102 valence electrons. The molecule has 2 heterocycles. The second-order valence-electron chi connectivity index (χ2n) is 5.01. The van der Waals surface area contributed by atoms with E-state index in [1.165, 1.54) is 0 Å². The van der Waals surface area contributed by atoms with Gasteiger partial charge >= 0.3 is 5.97 Å². The number of rotatable bonds is 3. The van der Waals surface area contributed by atoms with Crippen LogP contribution in [0.5, 0.6) is 0 Å². The lowest BCUT2D eigenvalue weighted by atomic mass is 9.99. The first-order valence-electron chi connectivity index (χ1n) is 6.27. The predicted molar refractivity (Wildman–Crippen MR) is 62.2 cm³/mol. The Balaban J connectivity index is 2.08. The molecule has 2 aliphatic heterocycles. The molecule has 0 bridgehead atoms. The van der Waals surface area contributed by atoms with Crippen molar-refractivity contribution in [3.05, 3.63) is 0 Å². The van der Waals surface area contributed by atoms with E-state index in [0.717, 1.165) is 6.42 Å². The third-order valence-electron chi connectivity index (χ3n) is 3.57. The number of carboxylic acid groups (broad SMARTS) is 1. The summed E-state index contributed by atoms with van der Waals surface area (Å²) in [7, 11) is 0. The Kier molecular flexibility index (Phi) is 3.87. The number of carboxylic acids is 1. The second kappa shape index (κ2) is 5.24. The van der Waals surface area contributed by atoms with Gasteiger partial charge in [-0.15, -0.1) is 0 Å². The van der Waals surface area contributed by atoms with Gasteiger partial charge in [0.2, 0.25) is 0 Å². The summed E-state index contributed by atoms with van der Waals surface area (Å²) < 4.78 is 10.8. The molecule has 6 heteroatoms. The molecule has 0 aromatic heterocycles. The van der Waals surface area contributed by atoms with Gasteiger partial charge < -0.3 is 19.5 Å². The normalized spacial score (nSPS) is 32.5. The average Bonchev–Trinajstić information content (AvgIpc) is 2.76. The van der Waals surface area contributed by atoms with Crippen molar-refractivity contribution in [3.63, 3.8) is 0 Å². The Bertz CT molecular complexity index is 337. The number of hydrogen-bond donors (Lipinski definition) is 1. The highest BCUT2D eigenvalue weighted by Crippen LogP contribution is 2.29. The van der Waals surface area contributed by atoms with Gasteiger partial charge in [-0.3, -0.25) is 9.59 Å². The summed E-state index contributed by atoms with van der Waals surface area (Å²) in [5, 5.41) is 8.87. The summed E-state index contributed by atoms with van der Waals surface area (Å²) >= 11 is 0. The zero-order valence-corrected chi connectivity index (χ0v) is 10.6. The summed E-state index contributed by atoms with van der Waals surface area (Å²) in [6.45, 7) is 3.56. The molecule has 2 rings (SSSR count). The Hall–Kier alpha value is -1.14. The standard InChI is InChI=1S/C12H19NO5/c1-12(3-2-5-18-12)11(16)13-4-6-17-8-9(13)7-10(14)15/h9H,2-8H2,1H3,(H,14,15). The van der Waals surface area contributed by atoms with Crippen LogP contribution in [0.25, 0.3) is 0 Å². The van der Waals surface area contributed by atoms with E-state index in [-0.39, 0.29) is 25.0 Å². The molecular weight excluding hydrogens is 238 g/mol. The van der Waals surface area contributed by atoms with Gasteiger partial charge in [0.05, 0.1) is 25.7 Å². The average molecular weight is 257 g/mol. The number of hydrogen-bond acceptors (Lipinski definition) is 4. The minimum atomic E-state index is -0.916. The first kappa shape index (κ1) is 13.3. The van der Waals surface area contributed by atoms with Crippen molar-refractivity contribution in [1.29, 1.82) is 0 Å². The molecule has 0 radical (unpaired) electrons. The molecule has 2 aliphatic rings. The molecule has 1 N–H and O–H groups in total. The van der Waals surface area contributed by atoms with Crippen molar-refractivity contribution in [2.24, 2.45) is 0 Å². The summed E-state index contributed by atoms with van der Waals surface area (Å²) in [6, 6.07) is -0.384. The molecule has 2 unspecified atom stereocenters. The maximum atomic E-state index is 12.5. The van der Waals surface area contributed by atoms with E-state index in [0.29, 0.717) is 26.2 Å². The molecule has 6 nitrogen and oxygen atoms in total. The molecule has 0 aromatic rings. The van der Waals surface area contributed by atoms with Crippen molar-refractivity contribution in [2.45, 2.75) is 37.8 Å². The van der Waals surface area contributed by atoms with Gasteiger partial charge in [-0.1, -0.05) is 0 Å². The van der Waals surface area contributed by atoms with Crippen molar-refractivity contribution < 1.29 is 24.2 Å². The first-order chi connectivity index (χ1) is 8.53. The minimum Gasteiger partial charge on any atom is -0.481 e. The molecule has 18 heavy (non-hydrogen) atoms. The van der Waals surface area contributed by atoms with E-state index in [9.17, 15) is 9.59 Å². The van der Waals surface area contributed by atoms with Gasteiger partial charge in [0.1, 0.15) is 5.60 Å². The highest BCUT2D eigenvalue weighted by molar-refractivity contribution is 5.86. The smallest absolute Gasteiger partial charge is 0.305 e. The highest BCUT2D eigenvalue weighted by Gasteiger charge is 2.43. The van der Waals surface area contributed by atoms with E-state index in [4.69, 9.17) is 14.6 Å². The summed E-state index contributed by atoms with van der Waals surface area (Å²) in [5.74, 6) is -1.02. The van der Waals surface area contributed by atoms with Gasteiger partial charge in [0.25, 0.3) is 5.91 Å². The van der Waals surface area contributed by atoms with E-state index in [2.05, 4.69) is 0 Å². The van der Waals surface area contributed by atoms with Crippen molar-refractivity contribution in [3.8, 4) is 0 Å². The number of aliphatic carboxylic acids is 1. The number of amides is 1. The Morgan fingerprint density at radius 1 is 1.44 bits per heavy atom. The van der Waals surface area contributed by atoms with Crippen LogP contribution in [0.1, 0.15) is 26.2 Å². The van der Waals surface area contributed by atoms with Crippen LogP contribution in [-0.4, -0.2) is 59.9 Å². The molecular formula is C12H19NO5. The van der Waals surface area contributed by atoms with Crippen LogP contribution in [0.4, 0.5) is 0 Å². The lowest BCUT2D eigenvalue weighted by Gasteiger charge is -2.39. The van der Waals surface area contributed by atoms with Gasteiger partial charge in [-0.2, -0.15) is 0 Å². The van der Waals surface area contributed by atoms with E-state index < -0.39 is 11.6 Å². The lowest BCUT2D eigenvalue weighted by Crippen LogP contribution is -2.56. The lowest BCUT2D eigenvalue weighted by molar-refractivity contribution is -0.161. The Morgan fingerprint density at radius 3 is 2.83 bits per heavy atom. The number of carbonyl (C=O) groups excluding carboxylic acids is 1. The number of ether oxygens (including phenoxy) is 2. The zero-order chi connectivity index (χ0) is 13.2. The molecule has 2 atom stereocenters. The van der Waals surface area contributed by atoms with Crippen LogP contribution in [0.15, 0.2) is 0 Å². The van der Waals surface area contributed by atoms with Gasteiger partial charge in [0, 0.05) is 13.2 Å². The third-order valence-corrected chi connectivity index (χ3v) is 3.57. The largest absolute Gasteiger partial charge is 0.481 e. The first-order valence-corrected chi connectivity index (χ1v) is 6.27. The Labute approximate surface area is 106 Å². The minimum absolute atomic E-state index is 0.0815. The van der Waals surface area contributed by atoms with Crippen LogP contribution >= 0.6 is 0 Å².